The Hall–Kier alpha value is -1.18. The van der Waals surface area contributed by atoms with E-state index in [1.165, 1.54) is 4.31 Å². The zero-order valence-electron chi connectivity index (χ0n) is 11.8. The number of nitrogens with zero attached hydrogens (tertiary/aromatic N) is 2. The van der Waals surface area contributed by atoms with E-state index in [-0.39, 0.29) is 18.0 Å². The van der Waals surface area contributed by atoms with E-state index in [4.69, 9.17) is 9.47 Å². The normalized spacial score (nSPS) is 27.0. The molecule has 2 aliphatic rings. The van der Waals surface area contributed by atoms with Crippen molar-refractivity contribution in [1.29, 1.82) is 0 Å². The molecule has 0 aliphatic carbocycles. The number of hydrogen-bond acceptors (Lipinski definition) is 5. The zero-order valence-corrected chi connectivity index (χ0v) is 12.7. The van der Waals surface area contributed by atoms with Crippen LogP contribution in [0.25, 0.3) is 0 Å². The van der Waals surface area contributed by atoms with Crippen molar-refractivity contribution in [3.8, 4) is 5.75 Å². The van der Waals surface area contributed by atoms with Crippen molar-refractivity contribution in [2.75, 3.05) is 25.4 Å². The second-order valence-corrected chi connectivity index (χ2v) is 7.50. The van der Waals surface area contributed by atoms with Crippen molar-refractivity contribution in [2.45, 2.75) is 31.5 Å². The molecule has 3 heterocycles. The second kappa shape index (κ2) is 6.29. The maximum Gasteiger partial charge on any atom is 0.216 e. The van der Waals surface area contributed by atoms with E-state index in [0.29, 0.717) is 26.1 Å². The molecular weight excluding hydrogens is 292 g/mol. The molecule has 21 heavy (non-hydrogen) atoms. The molecule has 2 aliphatic heterocycles. The van der Waals surface area contributed by atoms with Gasteiger partial charge in [-0.05, 0) is 31.4 Å². The van der Waals surface area contributed by atoms with Crippen LogP contribution in [0.4, 0.5) is 0 Å². The van der Waals surface area contributed by atoms with E-state index in [1.54, 1.807) is 24.5 Å². The third-order valence-electron chi connectivity index (χ3n) is 3.87. The van der Waals surface area contributed by atoms with E-state index in [9.17, 15) is 8.42 Å². The van der Waals surface area contributed by atoms with Crippen LogP contribution in [0.5, 0.6) is 5.75 Å². The molecule has 0 amide bonds. The Kier molecular flexibility index (Phi) is 4.42. The van der Waals surface area contributed by atoms with Crippen LogP contribution in [0.15, 0.2) is 24.5 Å². The van der Waals surface area contributed by atoms with E-state index in [1.807, 2.05) is 0 Å². The minimum Gasteiger partial charge on any atom is -0.489 e. The molecule has 0 spiro atoms. The number of hydrogen-bond donors (Lipinski definition) is 0. The van der Waals surface area contributed by atoms with Crippen molar-refractivity contribution < 1.29 is 17.9 Å². The molecular formula is C14H20N2O4S. The summed E-state index contributed by atoms with van der Waals surface area (Å²) in [6.07, 6.45) is 5.60. The molecule has 1 unspecified atom stereocenters. The summed E-state index contributed by atoms with van der Waals surface area (Å²) in [5.74, 6) is 0.822. The molecule has 0 radical (unpaired) electrons. The third kappa shape index (κ3) is 3.72. The van der Waals surface area contributed by atoms with Gasteiger partial charge in [0.1, 0.15) is 11.9 Å². The summed E-state index contributed by atoms with van der Waals surface area (Å²) in [6, 6.07) is 3.56. The first-order valence-corrected chi connectivity index (χ1v) is 8.90. The summed E-state index contributed by atoms with van der Waals surface area (Å²) >= 11 is 0. The van der Waals surface area contributed by atoms with Gasteiger partial charge in [0, 0.05) is 25.5 Å². The average molecular weight is 312 g/mol. The Morgan fingerprint density at radius 2 is 2.14 bits per heavy atom. The standard InChI is InChI=1S/C14H20N2O4S/c17-21(18,11-14-2-1-9-19-14)16-8-5-13(10-16)20-12-3-6-15-7-4-12/h3-4,6-7,13-14H,1-2,5,8-11H2/t13-,14?/m1/s1. The summed E-state index contributed by atoms with van der Waals surface area (Å²) in [5.41, 5.74) is 0. The third-order valence-corrected chi connectivity index (χ3v) is 5.79. The molecule has 2 fully saturated rings. The van der Waals surface area contributed by atoms with Crippen LogP contribution in [0.2, 0.25) is 0 Å². The Bertz CT molecular complexity index is 558. The fraction of sp³-hybridized carbons (Fsp3) is 0.643. The van der Waals surface area contributed by atoms with Gasteiger partial charge in [-0.25, -0.2) is 8.42 Å². The Balaban J connectivity index is 1.56. The number of pyridine rings is 1. The van der Waals surface area contributed by atoms with Gasteiger partial charge in [0.2, 0.25) is 10.0 Å². The van der Waals surface area contributed by atoms with Crippen LogP contribution in [0.3, 0.4) is 0 Å². The molecule has 0 saturated carbocycles. The molecule has 1 aromatic rings. The number of sulfonamides is 1. The maximum atomic E-state index is 12.4. The lowest BCUT2D eigenvalue weighted by atomic mass is 10.3. The minimum absolute atomic E-state index is 0.0910. The minimum atomic E-state index is -3.25. The lowest BCUT2D eigenvalue weighted by molar-refractivity contribution is 0.126. The summed E-state index contributed by atoms with van der Waals surface area (Å²) in [4.78, 5) is 3.93. The SMILES string of the molecule is O=S(=O)(CC1CCCO1)N1CC[C@@H](Oc2ccncc2)C1. The predicted octanol–water partition coefficient (Wildman–Crippen LogP) is 1.04. The highest BCUT2D eigenvalue weighted by molar-refractivity contribution is 7.89. The summed E-state index contributed by atoms with van der Waals surface area (Å²) < 4.78 is 37.5. The molecule has 6 nitrogen and oxygen atoms in total. The zero-order chi connectivity index (χ0) is 14.7. The number of ether oxygens (including phenoxy) is 2. The van der Waals surface area contributed by atoms with E-state index >= 15 is 0 Å². The van der Waals surface area contributed by atoms with Gasteiger partial charge in [0.05, 0.1) is 18.4 Å². The van der Waals surface area contributed by atoms with Gasteiger partial charge in [0.25, 0.3) is 0 Å². The van der Waals surface area contributed by atoms with Crippen LogP contribution in [-0.4, -0.2) is 55.4 Å². The predicted molar refractivity (Wildman–Crippen MR) is 77.6 cm³/mol. The molecule has 0 aromatic carbocycles. The van der Waals surface area contributed by atoms with Gasteiger partial charge >= 0.3 is 0 Å². The van der Waals surface area contributed by atoms with Crippen LogP contribution >= 0.6 is 0 Å². The van der Waals surface area contributed by atoms with Crippen molar-refractivity contribution in [3.63, 3.8) is 0 Å². The smallest absolute Gasteiger partial charge is 0.216 e. The molecule has 0 N–H and O–H groups in total. The first kappa shape index (κ1) is 14.7. The van der Waals surface area contributed by atoms with Gasteiger partial charge in [0.15, 0.2) is 0 Å². The van der Waals surface area contributed by atoms with E-state index < -0.39 is 10.0 Å². The van der Waals surface area contributed by atoms with Gasteiger partial charge in [-0.15, -0.1) is 0 Å². The van der Waals surface area contributed by atoms with Crippen LogP contribution < -0.4 is 4.74 Å². The quantitative estimate of drug-likeness (QED) is 0.813. The highest BCUT2D eigenvalue weighted by Crippen LogP contribution is 2.22. The fourth-order valence-electron chi connectivity index (χ4n) is 2.77. The Labute approximate surface area is 125 Å². The first-order chi connectivity index (χ1) is 10.1. The summed E-state index contributed by atoms with van der Waals surface area (Å²) in [7, 11) is -3.25. The molecule has 3 rings (SSSR count). The summed E-state index contributed by atoms with van der Waals surface area (Å²) in [5, 5.41) is 0. The summed E-state index contributed by atoms with van der Waals surface area (Å²) in [6.45, 7) is 1.61. The van der Waals surface area contributed by atoms with E-state index in [2.05, 4.69) is 4.98 Å². The van der Waals surface area contributed by atoms with Crippen LogP contribution in [0, 0.1) is 0 Å². The number of rotatable bonds is 5. The monoisotopic (exact) mass is 312 g/mol. The highest BCUT2D eigenvalue weighted by atomic mass is 32.2. The molecule has 1 aromatic heterocycles. The maximum absolute atomic E-state index is 12.4. The van der Waals surface area contributed by atoms with Crippen molar-refractivity contribution in [2.24, 2.45) is 0 Å². The van der Waals surface area contributed by atoms with Gasteiger partial charge in [-0.2, -0.15) is 4.31 Å². The molecule has 116 valence electrons. The van der Waals surface area contributed by atoms with E-state index in [0.717, 1.165) is 18.6 Å². The second-order valence-electron chi connectivity index (χ2n) is 5.48. The fourth-order valence-corrected chi connectivity index (χ4v) is 4.49. The lowest BCUT2D eigenvalue weighted by Crippen LogP contribution is -2.36. The molecule has 0 bridgehead atoms. The Morgan fingerprint density at radius 1 is 1.33 bits per heavy atom. The molecule has 2 atom stereocenters. The topological polar surface area (TPSA) is 68.7 Å². The highest BCUT2D eigenvalue weighted by Gasteiger charge is 2.35. The van der Waals surface area contributed by atoms with Crippen molar-refractivity contribution in [3.05, 3.63) is 24.5 Å². The largest absolute Gasteiger partial charge is 0.489 e. The van der Waals surface area contributed by atoms with Crippen molar-refractivity contribution >= 4 is 10.0 Å². The average Bonchev–Trinajstić information content (AvgIpc) is 3.11. The van der Waals surface area contributed by atoms with Gasteiger partial charge < -0.3 is 9.47 Å². The molecule has 2 saturated heterocycles. The van der Waals surface area contributed by atoms with Crippen molar-refractivity contribution in [1.82, 2.24) is 9.29 Å². The lowest BCUT2D eigenvalue weighted by Gasteiger charge is -2.19. The van der Waals surface area contributed by atoms with Gasteiger partial charge in [-0.3, -0.25) is 4.98 Å². The van der Waals surface area contributed by atoms with Crippen LogP contribution in [-0.2, 0) is 14.8 Å². The molecule has 7 heteroatoms. The first-order valence-electron chi connectivity index (χ1n) is 7.29. The number of aromatic nitrogens is 1. The van der Waals surface area contributed by atoms with Gasteiger partial charge in [-0.1, -0.05) is 0 Å². The van der Waals surface area contributed by atoms with Crippen LogP contribution in [0.1, 0.15) is 19.3 Å². The Morgan fingerprint density at radius 3 is 2.86 bits per heavy atom.